The fraction of sp³-hybridized carbons (Fsp3) is 0.500. The Morgan fingerprint density at radius 2 is 2.12 bits per heavy atom. The van der Waals surface area contributed by atoms with Crippen LogP contribution in [0.5, 0.6) is 0 Å². The molecule has 1 unspecified atom stereocenters. The van der Waals surface area contributed by atoms with Gasteiger partial charge in [-0.25, -0.2) is 9.37 Å². The highest BCUT2D eigenvalue weighted by Gasteiger charge is 2.47. The van der Waals surface area contributed by atoms with Crippen LogP contribution in [0.3, 0.4) is 0 Å². The first kappa shape index (κ1) is 16.3. The first-order chi connectivity index (χ1) is 12.1. The second kappa shape index (κ2) is 6.28. The highest BCUT2D eigenvalue weighted by Crippen LogP contribution is 2.43. The van der Waals surface area contributed by atoms with Crippen molar-refractivity contribution >= 4 is 5.91 Å². The standard InChI is InChI=1S/C20H24FN3O/c1-2-17-13-24-9-8-14(10-18(24)22-17)19(25)23-20(11-16(21)12-20)15-6-4-3-5-7-15/h3-7,13-14,16H,2,8-12H2,1H3,(H,23,25). The van der Waals surface area contributed by atoms with Crippen molar-refractivity contribution in [1.29, 1.82) is 0 Å². The third-order valence-electron chi connectivity index (χ3n) is 5.62. The Hall–Kier alpha value is -2.17. The minimum absolute atomic E-state index is 0.0306. The average molecular weight is 341 g/mol. The van der Waals surface area contributed by atoms with Crippen LogP contribution in [-0.4, -0.2) is 21.6 Å². The van der Waals surface area contributed by atoms with E-state index in [0.29, 0.717) is 19.3 Å². The van der Waals surface area contributed by atoms with E-state index < -0.39 is 11.7 Å². The van der Waals surface area contributed by atoms with Gasteiger partial charge in [0.1, 0.15) is 12.0 Å². The van der Waals surface area contributed by atoms with Crippen molar-refractivity contribution in [2.24, 2.45) is 5.92 Å². The summed E-state index contributed by atoms with van der Waals surface area (Å²) in [7, 11) is 0. The third-order valence-corrected chi connectivity index (χ3v) is 5.62. The van der Waals surface area contributed by atoms with Gasteiger partial charge in [0.15, 0.2) is 0 Å². The largest absolute Gasteiger partial charge is 0.346 e. The number of fused-ring (bicyclic) bond motifs is 1. The van der Waals surface area contributed by atoms with Crippen molar-refractivity contribution in [1.82, 2.24) is 14.9 Å². The molecule has 5 heteroatoms. The molecule has 2 heterocycles. The maximum Gasteiger partial charge on any atom is 0.224 e. The lowest BCUT2D eigenvalue weighted by Crippen LogP contribution is -2.57. The summed E-state index contributed by atoms with van der Waals surface area (Å²) in [6, 6.07) is 9.79. The molecule has 1 N–H and O–H groups in total. The van der Waals surface area contributed by atoms with E-state index >= 15 is 0 Å². The number of nitrogens with zero attached hydrogens (tertiary/aromatic N) is 2. The molecule has 1 aromatic carbocycles. The van der Waals surface area contributed by atoms with Gasteiger partial charge in [0, 0.05) is 37.9 Å². The van der Waals surface area contributed by atoms with Gasteiger partial charge in [-0.2, -0.15) is 0 Å². The molecule has 2 aliphatic rings. The molecule has 0 spiro atoms. The predicted octanol–water partition coefficient (Wildman–Crippen LogP) is 3.15. The number of aromatic nitrogens is 2. The predicted molar refractivity (Wildman–Crippen MR) is 93.8 cm³/mol. The zero-order chi connectivity index (χ0) is 17.4. The number of rotatable bonds is 4. The maximum absolute atomic E-state index is 13.7. The van der Waals surface area contributed by atoms with Crippen LogP contribution in [0, 0.1) is 5.92 Å². The lowest BCUT2D eigenvalue weighted by Gasteiger charge is -2.46. The molecule has 25 heavy (non-hydrogen) atoms. The number of amides is 1. The van der Waals surface area contributed by atoms with E-state index in [1.165, 1.54) is 0 Å². The lowest BCUT2D eigenvalue weighted by atomic mass is 9.70. The van der Waals surface area contributed by atoms with Crippen LogP contribution in [-0.2, 0) is 29.7 Å². The topological polar surface area (TPSA) is 46.9 Å². The highest BCUT2D eigenvalue weighted by molar-refractivity contribution is 5.80. The van der Waals surface area contributed by atoms with Crippen LogP contribution in [0.1, 0.15) is 43.3 Å². The summed E-state index contributed by atoms with van der Waals surface area (Å²) < 4.78 is 15.8. The van der Waals surface area contributed by atoms with Crippen molar-refractivity contribution < 1.29 is 9.18 Å². The van der Waals surface area contributed by atoms with Crippen LogP contribution in [0.4, 0.5) is 4.39 Å². The van der Waals surface area contributed by atoms with Gasteiger partial charge < -0.3 is 9.88 Å². The SMILES string of the molecule is CCc1cn2c(n1)CC(C(=O)NC1(c3ccccc3)CC(F)C1)CC2. The lowest BCUT2D eigenvalue weighted by molar-refractivity contribution is -0.130. The van der Waals surface area contributed by atoms with E-state index in [0.717, 1.165) is 36.5 Å². The molecule has 1 saturated carbocycles. The monoisotopic (exact) mass is 341 g/mol. The number of hydrogen-bond donors (Lipinski definition) is 1. The number of halogens is 1. The van der Waals surface area contributed by atoms with Gasteiger partial charge >= 0.3 is 0 Å². The third kappa shape index (κ3) is 2.96. The molecule has 4 rings (SSSR count). The van der Waals surface area contributed by atoms with Crippen LogP contribution in [0.15, 0.2) is 36.5 Å². The van der Waals surface area contributed by atoms with Crippen molar-refractivity contribution in [2.45, 2.75) is 57.3 Å². The zero-order valence-electron chi connectivity index (χ0n) is 14.5. The number of carbonyl (C=O) groups excluding carboxylic acids is 1. The minimum atomic E-state index is -0.835. The fourth-order valence-electron chi connectivity index (χ4n) is 4.08. The molecule has 1 fully saturated rings. The molecule has 0 radical (unpaired) electrons. The number of imidazole rings is 1. The Morgan fingerprint density at radius 1 is 1.36 bits per heavy atom. The average Bonchev–Trinajstić information content (AvgIpc) is 3.03. The molecule has 1 amide bonds. The summed E-state index contributed by atoms with van der Waals surface area (Å²) in [6.07, 6.45) is 4.37. The van der Waals surface area contributed by atoms with Crippen LogP contribution < -0.4 is 5.32 Å². The first-order valence-corrected chi connectivity index (χ1v) is 9.16. The normalized spacial score (nSPS) is 28.1. The van der Waals surface area contributed by atoms with Gasteiger partial charge in [-0.15, -0.1) is 0 Å². The molecular formula is C20H24FN3O. The first-order valence-electron chi connectivity index (χ1n) is 9.16. The number of benzene rings is 1. The van der Waals surface area contributed by atoms with E-state index in [4.69, 9.17) is 0 Å². The smallest absolute Gasteiger partial charge is 0.224 e. The second-order valence-corrected chi connectivity index (χ2v) is 7.33. The molecule has 0 saturated heterocycles. The summed E-state index contributed by atoms with van der Waals surface area (Å²) in [5.74, 6) is 0.941. The Kier molecular flexibility index (Phi) is 4.10. The van der Waals surface area contributed by atoms with E-state index in [-0.39, 0.29) is 11.8 Å². The molecular weight excluding hydrogens is 317 g/mol. The van der Waals surface area contributed by atoms with Crippen LogP contribution in [0.2, 0.25) is 0 Å². The van der Waals surface area contributed by atoms with Gasteiger partial charge in [0.05, 0.1) is 11.2 Å². The zero-order valence-corrected chi connectivity index (χ0v) is 14.5. The van der Waals surface area contributed by atoms with Crippen LogP contribution in [0.25, 0.3) is 0 Å². The second-order valence-electron chi connectivity index (χ2n) is 7.33. The molecule has 0 bridgehead atoms. The van der Waals surface area contributed by atoms with Crippen molar-refractivity contribution in [3.8, 4) is 0 Å². The molecule has 132 valence electrons. The van der Waals surface area contributed by atoms with Gasteiger partial charge in [0.2, 0.25) is 5.91 Å². The van der Waals surface area contributed by atoms with Gasteiger partial charge in [-0.05, 0) is 18.4 Å². The summed E-state index contributed by atoms with van der Waals surface area (Å²) in [5, 5.41) is 3.18. The number of hydrogen-bond acceptors (Lipinski definition) is 2. The molecule has 2 aromatic rings. The summed E-state index contributed by atoms with van der Waals surface area (Å²) in [5.41, 5.74) is 1.54. The molecule has 4 nitrogen and oxygen atoms in total. The summed E-state index contributed by atoms with van der Waals surface area (Å²) in [6.45, 7) is 2.91. The van der Waals surface area contributed by atoms with E-state index in [9.17, 15) is 9.18 Å². The number of aryl methyl sites for hydroxylation is 2. The molecule has 1 aliphatic carbocycles. The fourth-order valence-corrected chi connectivity index (χ4v) is 4.08. The number of alkyl halides is 1. The maximum atomic E-state index is 13.7. The van der Waals surface area contributed by atoms with E-state index in [1.54, 1.807) is 0 Å². The van der Waals surface area contributed by atoms with Crippen molar-refractivity contribution in [3.63, 3.8) is 0 Å². The molecule has 1 atom stereocenters. The molecule has 1 aromatic heterocycles. The van der Waals surface area contributed by atoms with E-state index in [1.807, 2.05) is 30.3 Å². The Balaban J connectivity index is 1.49. The van der Waals surface area contributed by atoms with Crippen molar-refractivity contribution in [2.75, 3.05) is 0 Å². The van der Waals surface area contributed by atoms with Gasteiger partial charge in [-0.3, -0.25) is 4.79 Å². The van der Waals surface area contributed by atoms with Crippen LogP contribution >= 0.6 is 0 Å². The Morgan fingerprint density at radius 3 is 2.80 bits per heavy atom. The quantitative estimate of drug-likeness (QED) is 0.929. The summed E-state index contributed by atoms with van der Waals surface area (Å²) >= 11 is 0. The molecule has 1 aliphatic heterocycles. The van der Waals surface area contributed by atoms with Crippen molar-refractivity contribution in [3.05, 3.63) is 53.6 Å². The van der Waals surface area contributed by atoms with E-state index in [2.05, 4.69) is 28.0 Å². The number of nitrogens with one attached hydrogen (secondary N) is 1. The Labute approximate surface area is 147 Å². The van der Waals surface area contributed by atoms with Gasteiger partial charge in [0.25, 0.3) is 0 Å². The van der Waals surface area contributed by atoms with Gasteiger partial charge in [-0.1, -0.05) is 37.3 Å². The highest BCUT2D eigenvalue weighted by atomic mass is 19.1. The minimum Gasteiger partial charge on any atom is -0.346 e. The summed E-state index contributed by atoms with van der Waals surface area (Å²) in [4.78, 5) is 17.5. The number of carbonyl (C=O) groups is 1. The Bertz CT molecular complexity index is 765.